The number of carbonyl (C=O) groups excluding carboxylic acids is 2. The van der Waals surface area contributed by atoms with Crippen LogP contribution in [-0.2, 0) is 15.5 Å². The molecule has 7 nitrogen and oxygen atoms in total. The minimum absolute atomic E-state index is 0. The fraction of sp³-hybridized carbons (Fsp3) is 0. The quantitative estimate of drug-likeness (QED) is 0.0630. The van der Waals surface area contributed by atoms with Gasteiger partial charge in [-0.05, 0) is 23.3 Å². The van der Waals surface area contributed by atoms with Gasteiger partial charge in [-0.25, -0.2) is 0 Å². The maximum Gasteiger partial charge on any atom is 0.185 e. The van der Waals surface area contributed by atoms with E-state index in [0.29, 0.717) is 22.3 Å². The van der Waals surface area contributed by atoms with Gasteiger partial charge in [0.25, 0.3) is 0 Å². The molecule has 0 spiro atoms. The molecule has 7 aromatic rings. The molecule has 0 aromatic heterocycles. The van der Waals surface area contributed by atoms with E-state index in [4.69, 9.17) is 0 Å². The van der Waals surface area contributed by atoms with E-state index in [1.807, 2.05) is 115 Å². The van der Waals surface area contributed by atoms with Gasteiger partial charge >= 0.3 is 0 Å². The summed E-state index contributed by atoms with van der Waals surface area (Å²) >= 11 is 0. The van der Waals surface area contributed by atoms with Crippen LogP contribution in [0.4, 0.5) is 0 Å². The van der Waals surface area contributed by atoms with Crippen LogP contribution in [0.15, 0.2) is 224 Å². The van der Waals surface area contributed by atoms with Crippen molar-refractivity contribution < 1.29 is 66.4 Å². The van der Waals surface area contributed by atoms with E-state index in [9.17, 15) is 24.4 Å². The van der Waals surface area contributed by atoms with E-state index in [2.05, 4.69) is 0 Å². The summed E-state index contributed by atoms with van der Waals surface area (Å²) in [6.07, 6.45) is 2.26. The van der Waals surface area contributed by atoms with Crippen LogP contribution in [0.2, 0.25) is 0 Å². The van der Waals surface area contributed by atoms with Gasteiger partial charge in [0.1, 0.15) is 0 Å². The van der Waals surface area contributed by atoms with Crippen molar-refractivity contribution in [2.75, 3.05) is 0 Å². The molecule has 0 saturated heterocycles. The Hall–Kier alpha value is -5.84. The standard InChI is InChI=1S/C18H15OP.2C15H12O2.2O.U/c19-20(16-10-4-1-5-11-16,17-12-6-2-7-13-17)18-14-8-3-9-15-18;2*16-14(12-7-3-1-4-8-12)11-15(17)13-9-5-2-6-10-13;;;/h1-15H;2*1-11,16H;;;/q;;;2*-2;/p-2/b;2*14-11-;;;. The number of benzene rings is 7. The van der Waals surface area contributed by atoms with E-state index in [1.54, 1.807) is 97.1 Å². The second-order valence-electron chi connectivity index (χ2n) is 11.8. The van der Waals surface area contributed by atoms with Crippen LogP contribution in [0, 0.1) is 31.1 Å². The van der Waals surface area contributed by atoms with Gasteiger partial charge in [-0.1, -0.05) is 224 Å². The molecular weight excluding hydrogens is 958 g/mol. The molecule has 7 aromatic carbocycles. The SMILES string of the molecule is O=C(/C=C(\[O-])c1ccccc1)c1ccccc1.O=C(/C=C(\[O-])c1ccccc1)c1ccccc1.O=P(c1ccccc1)(c1ccccc1)c1ccccc1.[O-2].[O-2].[U]. The van der Waals surface area contributed by atoms with Crippen molar-refractivity contribution in [1.29, 1.82) is 0 Å². The monoisotopic (exact) mass is 994 g/mol. The fourth-order valence-corrected chi connectivity index (χ4v) is 8.01. The predicted molar refractivity (Wildman–Crippen MR) is 218 cm³/mol. The molecule has 0 aliphatic heterocycles. The van der Waals surface area contributed by atoms with E-state index in [-0.39, 0.29) is 65.2 Å². The summed E-state index contributed by atoms with van der Waals surface area (Å²) in [5, 5.41) is 26.1. The minimum atomic E-state index is -2.78. The molecular formula is C48H37O7PU-6. The van der Waals surface area contributed by atoms with Gasteiger partial charge in [-0.3, -0.25) is 9.59 Å². The molecule has 7 rings (SSSR count). The number of hydrogen-bond acceptors (Lipinski definition) is 5. The van der Waals surface area contributed by atoms with E-state index in [0.717, 1.165) is 28.1 Å². The first-order chi connectivity index (χ1) is 26.4. The molecule has 9 heteroatoms. The zero-order chi connectivity index (χ0) is 38.0. The van der Waals surface area contributed by atoms with Gasteiger partial charge in [0.2, 0.25) is 0 Å². The molecule has 0 unspecified atom stereocenters. The number of allylic oxidation sites excluding steroid dienone is 2. The normalized spacial score (nSPS) is 10.6. The zero-order valence-electron chi connectivity index (χ0n) is 30.7. The third kappa shape index (κ3) is 13.7. The molecule has 0 N–H and O–H groups in total. The first kappa shape index (κ1) is 47.3. The predicted octanol–water partition coefficient (Wildman–Crippen LogP) is 7.63. The van der Waals surface area contributed by atoms with Gasteiger partial charge in [0, 0.05) is 58.2 Å². The molecule has 0 fully saturated rings. The Bertz CT molecular complexity index is 2120. The first-order valence-corrected chi connectivity index (χ1v) is 18.9. The summed E-state index contributed by atoms with van der Waals surface area (Å²) in [6.45, 7) is 0. The van der Waals surface area contributed by atoms with Gasteiger partial charge < -0.3 is 25.7 Å². The Labute approximate surface area is 357 Å². The average Bonchev–Trinajstić information content (AvgIpc) is 3.26. The van der Waals surface area contributed by atoms with Crippen molar-refractivity contribution in [3.05, 3.63) is 247 Å². The molecule has 0 atom stereocenters. The Morgan fingerprint density at radius 1 is 0.351 bits per heavy atom. The second-order valence-corrected chi connectivity index (χ2v) is 14.6. The summed E-state index contributed by atoms with van der Waals surface area (Å²) < 4.78 is 13.8. The largest absolute Gasteiger partial charge is 2.00 e. The number of ketones is 2. The van der Waals surface area contributed by atoms with Gasteiger partial charge in [-0.15, -0.1) is 0 Å². The van der Waals surface area contributed by atoms with Crippen molar-refractivity contribution >= 4 is 46.1 Å². The second kappa shape index (κ2) is 24.6. The summed E-state index contributed by atoms with van der Waals surface area (Å²) in [6, 6.07) is 64.2. The number of hydrogen-bond donors (Lipinski definition) is 0. The van der Waals surface area contributed by atoms with Crippen molar-refractivity contribution in [2.45, 2.75) is 0 Å². The van der Waals surface area contributed by atoms with Crippen molar-refractivity contribution in [3.8, 4) is 0 Å². The maximum absolute atomic E-state index is 13.8. The van der Waals surface area contributed by atoms with Crippen LogP contribution < -0.4 is 26.1 Å². The summed E-state index contributed by atoms with van der Waals surface area (Å²) in [5.74, 6) is -1.06. The van der Waals surface area contributed by atoms with Crippen LogP contribution >= 0.6 is 7.14 Å². The number of rotatable bonds is 9. The van der Waals surface area contributed by atoms with Gasteiger partial charge in [0.05, 0.1) is 0 Å². The Kier molecular flexibility index (Phi) is 20.4. The van der Waals surface area contributed by atoms with Crippen molar-refractivity contribution in [2.24, 2.45) is 0 Å². The molecule has 0 amide bonds. The van der Waals surface area contributed by atoms with Gasteiger partial charge in [-0.2, -0.15) is 0 Å². The Balaban J connectivity index is 0.000000289. The van der Waals surface area contributed by atoms with E-state index in [1.165, 1.54) is 0 Å². The summed E-state index contributed by atoms with van der Waals surface area (Å²) in [7, 11) is -2.78. The van der Waals surface area contributed by atoms with E-state index < -0.39 is 7.14 Å². The van der Waals surface area contributed by atoms with Crippen LogP contribution in [0.25, 0.3) is 11.5 Å². The molecule has 0 heterocycles. The topological polar surface area (TPSA) is 154 Å². The van der Waals surface area contributed by atoms with E-state index >= 15 is 0 Å². The Morgan fingerprint density at radius 3 is 0.772 bits per heavy atom. The smallest absolute Gasteiger partial charge is 0.185 e. The van der Waals surface area contributed by atoms with Crippen LogP contribution in [-0.4, -0.2) is 11.6 Å². The number of carbonyl (C=O) groups is 2. The summed E-state index contributed by atoms with van der Waals surface area (Å²) in [4.78, 5) is 23.5. The zero-order valence-corrected chi connectivity index (χ0v) is 35.7. The molecule has 0 aliphatic rings. The molecule has 0 saturated carbocycles. The minimum Gasteiger partial charge on any atom is -2.00 e. The summed E-state index contributed by atoms with van der Waals surface area (Å²) in [5.41, 5.74) is 2.10. The third-order valence-electron chi connectivity index (χ3n) is 8.12. The molecule has 286 valence electrons. The van der Waals surface area contributed by atoms with Crippen molar-refractivity contribution in [3.63, 3.8) is 0 Å². The van der Waals surface area contributed by atoms with Crippen LogP contribution in [0.5, 0.6) is 0 Å². The first-order valence-electron chi connectivity index (χ1n) is 17.2. The maximum atomic E-state index is 13.8. The fourth-order valence-electron chi connectivity index (χ4n) is 5.34. The van der Waals surface area contributed by atoms with Crippen molar-refractivity contribution in [1.82, 2.24) is 0 Å². The Morgan fingerprint density at radius 2 is 0.544 bits per heavy atom. The third-order valence-corrected chi connectivity index (χ3v) is 11.2. The average molecular weight is 995 g/mol. The molecule has 0 aliphatic carbocycles. The van der Waals surface area contributed by atoms with Gasteiger partial charge in [0.15, 0.2) is 18.7 Å². The molecule has 0 bridgehead atoms. The van der Waals surface area contributed by atoms with Crippen LogP contribution in [0.3, 0.4) is 0 Å². The van der Waals surface area contributed by atoms with Crippen LogP contribution in [0.1, 0.15) is 31.8 Å². The molecule has 57 heavy (non-hydrogen) atoms. The molecule has 0 radical (unpaired) electrons.